The van der Waals surface area contributed by atoms with Gasteiger partial charge in [0.15, 0.2) is 4.67 Å². The highest BCUT2D eigenvalue weighted by atomic mass is 79.9. The Kier molecular flexibility index (Phi) is 3.15. The molecule has 3 nitrogen and oxygen atoms in total. The van der Waals surface area contributed by atoms with E-state index in [1.54, 1.807) is 13.0 Å². The molecule has 0 radical (unpaired) electrons. The normalized spacial score (nSPS) is 11.8. The predicted octanol–water partition coefficient (Wildman–Crippen LogP) is 1.79. The first-order valence-corrected chi connectivity index (χ1v) is 4.44. The SMILES string of the molecule is C#CC(C)NC(=O)c1ccoc1Br. The van der Waals surface area contributed by atoms with E-state index in [4.69, 9.17) is 10.8 Å². The van der Waals surface area contributed by atoms with Gasteiger partial charge in [-0.3, -0.25) is 4.79 Å². The average Bonchev–Trinajstić information content (AvgIpc) is 2.51. The van der Waals surface area contributed by atoms with Crippen molar-refractivity contribution in [2.24, 2.45) is 0 Å². The van der Waals surface area contributed by atoms with Gasteiger partial charge in [-0.05, 0) is 28.9 Å². The summed E-state index contributed by atoms with van der Waals surface area (Å²) in [6, 6.07) is 1.29. The van der Waals surface area contributed by atoms with Crippen molar-refractivity contribution in [2.75, 3.05) is 0 Å². The Hall–Kier alpha value is -1.21. The molecule has 1 aromatic rings. The van der Waals surface area contributed by atoms with Crippen molar-refractivity contribution in [1.29, 1.82) is 0 Å². The van der Waals surface area contributed by atoms with Crippen LogP contribution in [0.25, 0.3) is 0 Å². The quantitative estimate of drug-likeness (QED) is 0.803. The van der Waals surface area contributed by atoms with Gasteiger partial charge in [0.05, 0.1) is 17.9 Å². The maximum absolute atomic E-state index is 11.4. The molecule has 0 saturated carbocycles. The number of terminal acetylenes is 1. The van der Waals surface area contributed by atoms with Crippen molar-refractivity contribution in [3.8, 4) is 12.3 Å². The minimum absolute atomic E-state index is 0.244. The van der Waals surface area contributed by atoms with Gasteiger partial charge in [0.25, 0.3) is 5.91 Å². The van der Waals surface area contributed by atoms with Crippen LogP contribution in [0.5, 0.6) is 0 Å². The van der Waals surface area contributed by atoms with Crippen molar-refractivity contribution in [3.63, 3.8) is 0 Å². The molecule has 0 aromatic carbocycles. The largest absolute Gasteiger partial charge is 0.457 e. The van der Waals surface area contributed by atoms with Gasteiger partial charge in [-0.1, -0.05) is 5.92 Å². The van der Waals surface area contributed by atoms with E-state index >= 15 is 0 Å². The number of halogens is 1. The number of hydrogen-bond donors (Lipinski definition) is 1. The van der Waals surface area contributed by atoms with Crippen LogP contribution in [0, 0.1) is 12.3 Å². The second-order valence-corrected chi connectivity index (χ2v) is 3.19. The summed E-state index contributed by atoms with van der Waals surface area (Å²) in [7, 11) is 0. The van der Waals surface area contributed by atoms with Gasteiger partial charge in [-0.2, -0.15) is 0 Å². The zero-order valence-corrected chi connectivity index (χ0v) is 8.59. The van der Waals surface area contributed by atoms with Gasteiger partial charge in [0.2, 0.25) is 0 Å². The number of carbonyl (C=O) groups excluding carboxylic acids is 1. The summed E-state index contributed by atoms with van der Waals surface area (Å²) in [4.78, 5) is 11.4. The molecule has 1 aromatic heterocycles. The van der Waals surface area contributed by atoms with Crippen molar-refractivity contribution in [1.82, 2.24) is 5.32 Å². The second-order valence-electron chi connectivity index (χ2n) is 2.47. The molecule has 0 aliphatic heterocycles. The van der Waals surface area contributed by atoms with Gasteiger partial charge >= 0.3 is 0 Å². The van der Waals surface area contributed by atoms with E-state index in [-0.39, 0.29) is 11.9 Å². The van der Waals surface area contributed by atoms with Crippen LogP contribution in [0.15, 0.2) is 21.4 Å². The Labute approximate surface area is 84.6 Å². The van der Waals surface area contributed by atoms with E-state index < -0.39 is 0 Å². The van der Waals surface area contributed by atoms with E-state index in [0.29, 0.717) is 10.2 Å². The molecule has 1 N–H and O–H groups in total. The first kappa shape index (κ1) is 9.87. The van der Waals surface area contributed by atoms with E-state index in [2.05, 4.69) is 27.2 Å². The Balaban J connectivity index is 2.71. The minimum atomic E-state index is -0.283. The van der Waals surface area contributed by atoms with Crippen LogP contribution >= 0.6 is 15.9 Å². The predicted molar refractivity (Wildman–Crippen MR) is 52.2 cm³/mol. The highest BCUT2D eigenvalue weighted by Crippen LogP contribution is 2.17. The standard InChI is InChI=1S/C9H8BrNO2/c1-3-6(2)11-9(12)7-4-5-13-8(7)10/h1,4-6H,2H3,(H,11,12). The molecule has 0 saturated heterocycles. The van der Waals surface area contributed by atoms with E-state index in [9.17, 15) is 4.79 Å². The van der Waals surface area contributed by atoms with Crippen molar-refractivity contribution >= 4 is 21.8 Å². The minimum Gasteiger partial charge on any atom is -0.457 e. The second kappa shape index (κ2) is 4.15. The fraction of sp³-hybridized carbons (Fsp3) is 0.222. The van der Waals surface area contributed by atoms with E-state index in [0.717, 1.165) is 0 Å². The lowest BCUT2D eigenvalue weighted by atomic mass is 10.3. The number of furan rings is 1. The first-order chi connectivity index (χ1) is 6.15. The molecule has 1 heterocycles. The van der Waals surface area contributed by atoms with Crippen LogP contribution in [0.4, 0.5) is 0 Å². The molecule has 68 valence electrons. The summed E-state index contributed by atoms with van der Waals surface area (Å²) in [5.41, 5.74) is 0.446. The van der Waals surface area contributed by atoms with E-state index in [1.165, 1.54) is 6.26 Å². The third-order valence-corrected chi connectivity index (χ3v) is 2.07. The molecule has 0 bridgehead atoms. The summed E-state index contributed by atoms with van der Waals surface area (Å²) < 4.78 is 5.32. The topological polar surface area (TPSA) is 42.2 Å². The number of nitrogens with one attached hydrogen (secondary N) is 1. The Morgan fingerprint density at radius 2 is 2.54 bits per heavy atom. The summed E-state index contributed by atoms with van der Waals surface area (Å²) in [5, 5.41) is 2.61. The molecule has 0 fully saturated rings. The summed E-state index contributed by atoms with van der Waals surface area (Å²) in [5.74, 6) is 2.15. The summed E-state index contributed by atoms with van der Waals surface area (Å²) >= 11 is 3.10. The molecule has 1 atom stereocenters. The molecule has 0 aliphatic carbocycles. The zero-order valence-electron chi connectivity index (χ0n) is 7.00. The number of hydrogen-bond acceptors (Lipinski definition) is 2. The van der Waals surface area contributed by atoms with Gasteiger partial charge in [-0.25, -0.2) is 0 Å². The van der Waals surface area contributed by atoms with Crippen LogP contribution in [0.1, 0.15) is 17.3 Å². The van der Waals surface area contributed by atoms with Crippen molar-refractivity contribution < 1.29 is 9.21 Å². The molecular formula is C9H8BrNO2. The first-order valence-electron chi connectivity index (χ1n) is 3.65. The fourth-order valence-corrected chi connectivity index (χ4v) is 1.19. The maximum Gasteiger partial charge on any atom is 0.256 e. The molecule has 1 amide bonds. The highest BCUT2D eigenvalue weighted by molar-refractivity contribution is 9.10. The molecular weight excluding hydrogens is 234 g/mol. The lowest BCUT2D eigenvalue weighted by molar-refractivity contribution is 0.0946. The Bertz CT molecular complexity index is 351. The van der Waals surface area contributed by atoms with Crippen LogP contribution < -0.4 is 5.32 Å². The molecule has 13 heavy (non-hydrogen) atoms. The van der Waals surface area contributed by atoms with Gasteiger partial charge in [-0.15, -0.1) is 6.42 Å². The Morgan fingerprint density at radius 1 is 1.85 bits per heavy atom. The fourth-order valence-electron chi connectivity index (χ4n) is 0.772. The van der Waals surface area contributed by atoms with Crippen LogP contribution in [0.3, 0.4) is 0 Å². The summed E-state index contributed by atoms with van der Waals surface area (Å²) in [6.07, 6.45) is 6.54. The van der Waals surface area contributed by atoms with E-state index in [1.807, 2.05) is 0 Å². The van der Waals surface area contributed by atoms with Gasteiger partial charge in [0.1, 0.15) is 0 Å². The van der Waals surface area contributed by atoms with Gasteiger partial charge < -0.3 is 9.73 Å². The van der Waals surface area contributed by atoms with Crippen molar-refractivity contribution in [3.05, 3.63) is 22.6 Å². The van der Waals surface area contributed by atoms with Crippen LogP contribution in [0.2, 0.25) is 0 Å². The lowest BCUT2D eigenvalue weighted by Crippen LogP contribution is -2.31. The van der Waals surface area contributed by atoms with Gasteiger partial charge in [0, 0.05) is 0 Å². The highest BCUT2D eigenvalue weighted by Gasteiger charge is 2.13. The van der Waals surface area contributed by atoms with Crippen LogP contribution in [-0.4, -0.2) is 11.9 Å². The monoisotopic (exact) mass is 241 g/mol. The summed E-state index contributed by atoms with van der Waals surface area (Å²) in [6.45, 7) is 1.73. The van der Waals surface area contributed by atoms with Crippen LogP contribution in [-0.2, 0) is 0 Å². The third-order valence-electron chi connectivity index (χ3n) is 1.46. The van der Waals surface area contributed by atoms with Crippen molar-refractivity contribution in [2.45, 2.75) is 13.0 Å². The molecule has 4 heteroatoms. The molecule has 1 rings (SSSR count). The number of rotatable bonds is 2. The Morgan fingerprint density at radius 3 is 3.00 bits per heavy atom. The smallest absolute Gasteiger partial charge is 0.256 e. The molecule has 0 aliphatic rings. The number of carbonyl (C=O) groups is 1. The average molecular weight is 242 g/mol. The zero-order chi connectivity index (χ0) is 9.84. The maximum atomic E-state index is 11.4. The molecule has 0 spiro atoms. The third kappa shape index (κ3) is 2.36. The number of amides is 1. The lowest BCUT2D eigenvalue weighted by Gasteiger charge is -2.05. The molecule has 1 unspecified atom stereocenters.